The molecule has 0 aliphatic carbocycles. The molecule has 164 valence electrons. The lowest BCUT2D eigenvalue weighted by molar-refractivity contribution is -0.114. The lowest BCUT2D eigenvalue weighted by atomic mass is 10.1. The Morgan fingerprint density at radius 2 is 1.57 bits per heavy atom. The van der Waals surface area contributed by atoms with Crippen LogP contribution >= 0.6 is 0 Å². The third-order valence-electron chi connectivity index (χ3n) is 4.80. The fourth-order valence-corrected chi connectivity index (χ4v) is 4.70. The summed E-state index contributed by atoms with van der Waals surface area (Å²) in [5, 5.41) is 9.17. The summed E-state index contributed by atoms with van der Waals surface area (Å²) in [6.45, 7) is 11.0. The number of rotatable bonds is 10. The summed E-state index contributed by atoms with van der Waals surface area (Å²) in [7, 11) is -3.59. The molecule has 2 aromatic rings. The summed E-state index contributed by atoms with van der Waals surface area (Å²) >= 11 is 0. The second-order valence-corrected chi connectivity index (χ2v) is 8.99. The molecule has 3 N–H and O–H groups in total. The molecule has 0 saturated heterocycles. The first kappa shape index (κ1) is 23.7. The van der Waals surface area contributed by atoms with Crippen molar-refractivity contribution in [2.75, 3.05) is 42.1 Å². The SMILES string of the molecule is CCNc1ccc(S(=O)(=O)N(CC)CC)cc1NCC(=O)Nc1ccc(C)cc1C. The van der Waals surface area contributed by atoms with Crippen LogP contribution in [0.1, 0.15) is 31.9 Å². The first-order valence-corrected chi connectivity index (χ1v) is 11.7. The van der Waals surface area contributed by atoms with E-state index in [2.05, 4.69) is 16.0 Å². The number of hydrogen-bond acceptors (Lipinski definition) is 5. The molecule has 0 aliphatic rings. The fourth-order valence-electron chi connectivity index (χ4n) is 3.21. The Kier molecular flexibility index (Phi) is 8.25. The molecule has 8 heteroatoms. The van der Waals surface area contributed by atoms with Crippen molar-refractivity contribution in [1.29, 1.82) is 0 Å². The molecule has 1 amide bonds. The van der Waals surface area contributed by atoms with Gasteiger partial charge in [-0.15, -0.1) is 0 Å². The summed E-state index contributed by atoms with van der Waals surface area (Å²) in [6, 6.07) is 10.7. The molecule has 0 fully saturated rings. The van der Waals surface area contributed by atoms with Gasteiger partial charge in [0.1, 0.15) is 0 Å². The molecule has 2 rings (SSSR count). The Labute approximate surface area is 179 Å². The minimum absolute atomic E-state index is 0.0144. The molecule has 0 spiro atoms. The first-order chi connectivity index (χ1) is 14.2. The number of carbonyl (C=O) groups excluding carboxylic acids is 1. The van der Waals surface area contributed by atoms with Gasteiger partial charge >= 0.3 is 0 Å². The van der Waals surface area contributed by atoms with Crippen LogP contribution in [0.4, 0.5) is 17.1 Å². The molecule has 0 saturated carbocycles. The lowest BCUT2D eigenvalue weighted by Gasteiger charge is -2.20. The third kappa shape index (κ3) is 5.73. The van der Waals surface area contributed by atoms with Gasteiger partial charge in [-0.05, 0) is 50.6 Å². The number of sulfonamides is 1. The average molecular weight is 433 g/mol. The number of nitrogens with one attached hydrogen (secondary N) is 3. The van der Waals surface area contributed by atoms with Crippen LogP contribution in [0, 0.1) is 13.8 Å². The van der Waals surface area contributed by atoms with Crippen LogP contribution in [-0.4, -0.2) is 44.8 Å². The van der Waals surface area contributed by atoms with E-state index in [9.17, 15) is 13.2 Å². The van der Waals surface area contributed by atoms with E-state index in [1.807, 2.05) is 52.8 Å². The van der Waals surface area contributed by atoms with Gasteiger partial charge in [-0.25, -0.2) is 8.42 Å². The molecule has 0 heterocycles. The summed E-state index contributed by atoms with van der Waals surface area (Å²) in [6.07, 6.45) is 0. The Morgan fingerprint density at radius 3 is 2.17 bits per heavy atom. The topological polar surface area (TPSA) is 90.5 Å². The van der Waals surface area contributed by atoms with Gasteiger partial charge in [0.2, 0.25) is 15.9 Å². The van der Waals surface area contributed by atoms with E-state index in [1.54, 1.807) is 18.2 Å². The fraction of sp³-hybridized carbons (Fsp3) is 0.409. The number of anilines is 3. The van der Waals surface area contributed by atoms with Crippen molar-refractivity contribution < 1.29 is 13.2 Å². The summed E-state index contributed by atoms with van der Waals surface area (Å²) in [4.78, 5) is 12.7. The van der Waals surface area contributed by atoms with Crippen LogP contribution < -0.4 is 16.0 Å². The maximum atomic E-state index is 12.9. The normalized spacial score (nSPS) is 11.4. The largest absolute Gasteiger partial charge is 0.384 e. The predicted octanol–water partition coefficient (Wildman–Crippen LogP) is 3.82. The van der Waals surface area contributed by atoms with Gasteiger partial charge in [0, 0.05) is 25.3 Å². The van der Waals surface area contributed by atoms with Crippen LogP contribution in [0.2, 0.25) is 0 Å². The first-order valence-electron chi connectivity index (χ1n) is 10.2. The summed E-state index contributed by atoms with van der Waals surface area (Å²) < 4.78 is 27.1. The van der Waals surface area contributed by atoms with Crippen LogP contribution in [0.15, 0.2) is 41.3 Å². The molecule has 0 atom stereocenters. The van der Waals surface area contributed by atoms with E-state index < -0.39 is 10.0 Å². The predicted molar refractivity (Wildman–Crippen MR) is 124 cm³/mol. The Hall–Kier alpha value is -2.58. The van der Waals surface area contributed by atoms with Crippen LogP contribution in [0.5, 0.6) is 0 Å². The number of benzene rings is 2. The van der Waals surface area contributed by atoms with Crippen molar-refractivity contribution in [2.45, 2.75) is 39.5 Å². The van der Waals surface area contributed by atoms with Gasteiger partial charge in [0.05, 0.1) is 22.8 Å². The van der Waals surface area contributed by atoms with Crippen molar-refractivity contribution in [3.63, 3.8) is 0 Å². The molecule has 0 bridgehead atoms. The zero-order valence-electron chi connectivity index (χ0n) is 18.4. The highest BCUT2D eigenvalue weighted by molar-refractivity contribution is 7.89. The van der Waals surface area contributed by atoms with Crippen molar-refractivity contribution in [2.24, 2.45) is 0 Å². The molecule has 0 aliphatic heterocycles. The van der Waals surface area contributed by atoms with E-state index >= 15 is 0 Å². The average Bonchev–Trinajstić information content (AvgIpc) is 2.70. The second-order valence-electron chi connectivity index (χ2n) is 7.05. The van der Waals surface area contributed by atoms with Gasteiger partial charge in [0.25, 0.3) is 0 Å². The maximum Gasteiger partial charge on any atom is 0.243 e. The molecule has 30 heavy (non-hydrogen) atoms. The monoisotopic (exact) mass is 432 g/mol. The maximum absolute atomic E-state index is 12.9. The number of aryl methyl sites for hydroxylation is 2. The van der Waals surface area contributed by atoms with Crippen molar-refractivity contribution in [3.8, 4) is 0 Å². The van der Waals surface area contributed by atoms with Crippen molar-refractivity contribution in [1.82, 2.24) is 4.31 Å². The van der Waals surface area contributed by atoms with Gasteiger partial charge in [0.15, 0.2) is 0 Å². The number of nitrogens with zero attached hydrogens (tertiary/aromatic N) is 1. The highest BCUT2D eigenvalue weighted by Gasteiger charge is 2.22. The lowest BCUT2D eigenvalue weighted by Crippen LogP contribution is -2.30. The van der Waals surface area contributed by atoms with Gasteiger partial charge in [-0.3, -0.25) is 4.79 Å². The Bertz CT molecular complexity index is 986. The van der Waals surface area contributed by atoms with E-state index in [0.29, 0.717) is 25.3 Å². The zero-order chi connectivity index (χ0) is 22.3. The zero-order valence-corrected chi connectivity index (χ0v) is 19.2. The summed E-state index contributed by atoms with van der Waals surface area (Å²) in [5.41, 5.74) is 4.20. The second kappa shape index (κ2) is 10.4. The van der Waals surface area contributed by atoms with Crippen LogP contribution in [0.3, 0.4) is 0 Å². The summed E-state index contributed by atoms with van der Waals surface area (Å²) in [5.74, 6) is -0.207. The highest BCUT2D eigenvalue weighted by atomic mass is 32.2. The molecular weight excluding hydrogens is 400 g/mol. The minimum atomic E-state index is -3.59. The van der Waals surface area contributed by atoms with Gasteiger partial charge < -0.3 is 16.0 Å². The van der Waals surface area contributed by atoms with Gasteiger partial charge in [-0.2, -0.15) is 4.31 Å². The van der Waals surface area contributed by atoms with E-state index in [1.165, 1.54) is 4.31 Å². The molecule has 2 aromatic carbocycles. The smallest absolute Gasteiger partial charge is 0.243 e. The third-order valence-corrected chi connectivity index (χ3v) is 6.84. The molecule has 0 radical (unpaired) electrons. The van der Waals surface area contributed by atoms with Gasteiger partial charge in [-0.1, -0.05) is 31.5 Å². The quantitative estimate of drug-likeness (QED) is 0.531. The van der Waals surface area contributed by atoms with Crippen molar-refractivity contribution >= 4 is 33.0 Å². The molecule has 0 unspecified atom stereocenters. The Morgan fingerprint density at radius 1 is 0.900 bits per heavy atom. The molecule has 0 aromatic heterocycles. The number of carbonyl (C=O) groups is 1. The van der Waals surface area contributed by atoms with Crippen LogP contribution in [0.25, 0.3) is 0 Å². The van der Waals surface area contributed by atoms with E-state index in [4.69, 9.17) is 0 Å². The van der Waals surface area contributed by atoms with Crippen LogP contribution in [-0.2, 0) is 14.8 Å². The van der Waals surface area contributed by atoms with E-state index in [0.717, 1.165) is 22.5 Å². The molecule has 7 nitrogen and oxygen atoms in total. The highest BCUT2D eigenvalue weighted by Crippen LogP contribution is 2.27. The number of amides is 1. The minimum Gasteiger partial charge on any atom is -0.384 e. The molecular formula is C22H32N4O3S. The number of hydrogen-bond donors (Lipinski definition) is 3. The standard InChI is InChI=1S/C22H32N4O3S/c1-6-23-20-12-10-18(30(28,29)26(7-2)8-3)14-21(20)24-15-22(27)25-19-11-9-16(4)13-17(19)5/h9-14,23-24H,6-8,15H2,1-5H3,(H,25,27). The van der Waals surface area contributed by atoms with Crippen molar-refractivity contribution in [3.05, 3.63) is 47.5 Å². The van der Waals surface area contributed by atoms with E-state index in [-0.39, 0.29) is 17.3 Å². The Balaban J connectivity index is 2.21.